The van der Waals surface area contributed by atoms with Gasteiger partial charge in [-0.05, 0) is 25.0 Å². The van der Waals surface area contributed by atoms with Crippen LogP contribution in [-0.4, -0.2) is 12.0 Å². The minimum absolute atomic E-state index is 0.138. The number of nitrogens with one attached hydrogen (secondary N) is 1. The number of fused-ring (bicyclic) bond motifs is 1. The Balaban J connectivity index is 2.18. The number of anilines is 1. The van der Waals surface area contributed by atoms with E-state index in [-0.39, 0.29) is 5.02 Å². The Kier molecular flexibility index (Phi) is 3.31. The number of aromatic nitrogens is 1. The highest BCUT2D eigenvalue weighted by Crippen LogP contribution is 2.36. The fraction of sp³-hybridized carbons (Fsp3) is 0.400. The molecule has 1 aliphatic carbocycles. The van der Waals surface area contributed by atoms with Crippen molar-refractivity contribution >= 4 is 28.2 Å². The van der Waals surface area contributed by atoms with Crippen LogP contribution in [0.25, 0.3) is 10.9 Å². The molecule has 1 fully saturated rings. The van der Waals surface area contributed by atoms with Gasteiger partial charge in [0.1, 0.15) is 5.82 Å². The monoisotopic (exact) mass is 278 g/mol. The van der Waals surface area contributed by atoms with Crippen LogP contribution in [-0.2, 0) is 0 Å². The van der Waals surface area contributed by atoms with Crippen LogP contribution >= 0.6 is 11.6 Å². The summed E-state index contributed by atoms with van der Waals surface area (Å²) in [4.78, 5) is 4.63. The highest BCUT2D eigenvalue weighted by molar-refractivity contribution is 6.31. The van der Waals surface area contributed by atoms with E-state index >= 15 is 0 Å². The molecule has 0 amide bonds. The van der Waals surface area contributed by atoms with Crippen LogP contribution < -0.4 is 5.32 Å². The summed E-state index contributed by atoms with van der Waals surface area (Å²) in [5.41, 5.74) is 2.71. The smallest absolute Gasteiger partial charge is 0.143 e. The van der Waals surface area contributed by atoms with Gasteiger partial charge in [0, 0.05) is 35.8 Å². The zero-order chi connectivity index (χ0) is 13.4. The lowest BCUT2D eigenvalue weighted by Gasteiger charge is -2.13. The number of halogens is 2. The number of hydrogen-bond acceptors (Lipinski definition) is 2. The highest BCUT2D eigenvalue weighted by atomic mass is 35.5. The number of hydrogen-bond donors (Lipinski definition) is 1. The molecular weight excluding hydrogens is 263 g/mol. The summed E-state index contributed by atoms with van der Waals surface area (Å²) >= 11 is 5.85. The second-order valence-corrected chi connectivity index (χ2v) is 5.52. The minimum Gasteiger partial charge on any atom is -0.388 e. The molecule has 100 valence electrons. The third kappa shape index (κ3) is 2.27. The molecule has 1 heterocycles. The van der Waals surface area contributed by atoms with Gasteiger partial charge in [0.2, 0.25) is 0 Å². The SMILES string of the molecule is CNc1cc(C2CCCC2)nc2cc(F)c(Cl)cc12. The largest absolute Gasteiger partial charge is 0.388 e. The van der Waals surface area contributed by atoms with Crippen molar-refractivity contribution in [3.8, 4) is 0 Å². The molecule has 2 nitrogen and oxygen atoms in total. The molecule has 1 N–H and O–H groups in total. The summed E-state index contributed by atoms with van der Waals surface area (Å²) in [6.07, 6.45) is 4.87. The van der Waals surface area contributed by atoms with Gasteiger partial charge in [-0.15, -0.1) is 0 Å². The zero-order valence-electron chi connectivity index (χ0n) is 10.8. The highest BCUT2D eigenvalue weighted by Gasteiger charge is 2.20. The standard InChI is InChI=1S/C15H16ClFN2/c1-18-14-8-13(9-4-2-3-5-9)19-15-7-12(17)11(16)6-10(14)15/h6-9H,2-5H2,1H3,(H,18,19). The molecule has 1 aromatic carbocycles. The van der Waals surface area contributed by atoms with E-state index in [1.165, 1.54) is 31.7 Å². The lowest BCUT2D eigenvalue weighted by Crippen LogP contribution is -2.00. The van der Waals surface area contributed by atoms with E-state index in [0.29, 0.717) is 11.4 Å². The molecule has 0 unspecified atom stereocenters. The van der Waals surface area contributed by atoms with Gasteiger partial charge in [-0.25, -0.2) is 4.39 Å². The Bertz CT molecular complexity index is 621. The third-order valence-electron chi connectivity index (χ3n) is 3.91. The summed E-state index contributed by atoms with van der Waals surface area (Å²) in [5, 5.41) is 4.17. The number of nitrogens with zero attached hydrogens (tertiary/aromatic N) is 1. The van der Waals surface area contributed by atoms with Gasteiger partial charge in [-0.2, -0.15) is 0 Å². The molecule has 0 bridgehead atoms. The molecule has 0 atom stereocenters. The van der Waals surface area contributed by atoms with Gasteiger partial charge in [0.25, 0.3) is 0 Å². The second-order valence-electron chi connectivity index (χ2n) is 5.11. The molecule has 3 rings (SSSR count). The van der Waals surface area contributed by atoms with Crippen molar-refractivity contribution in [2.45, 2.75) is 31.6 Å². The van der Waals surface area contributed by atoms with E-state index in [9.17, 15) is 4.39 Å². The number of rotatable bonds is 2. The summed E-state index contributed by atoms with van der Waals surface area (Å²) < 4.78 is 13.6. The fourth-order valence-corrected chi connectivity index (χ4v) is 3.04. The van der Waals surface area contributed by atoms with Crippen molar-refractivity contribution in [1.82, 2.24) is 4.98 Å². The maximum absolute atomic E-state index is 13.6. The molecule has 1 aliphatic rings. The Morgan fingerprint density at radius 1 is 1.26 bits per heavy atom. The maximum Gasteiger partial charge on any atom is 0.143 e. The first-order valence-electron chi connectivity index (χ1n) is 6.66. The molecule has 0 aliphatic heterocycles. The lowest BCUT2D eigenvalue weighted by molar-refractivity contribution is 0.629. The molecular formula is C15H16ClFN2. The van der Waals surface area contributed by atoms with Gasteiger partial charge >= 0.3 is 0 Å². The van der Waals surface area contributed by atoms with E-state index in [1.807, 2.05) is 7.05 Å². The fourth-order valence-electron chi connectivity index (χ4n) is 2.88. The predicted octanol–water partition coefficient (Wildman–Crippen LogP) is 4.73. The Morgan fingerprint density at radius 2 is 2.00 bits per heavy atom. The van der Waals surface area contributed by atoms with Gasteiger partial charge in [-0.1, -0.05) is 24.4 Å². The maximum atomic E-state index is 13.6. The van der Waals surface area contributed by atoms with Crippen molar-refractivity contribution in [2.24, 2.45) is 0 Å². The van der Waals surface area contributed by atoms with Gasteiger partial charge in [0.05, 0.1) is 10.5 Å². The molecule has 19 heavy (non-hydrogen) atoms. The van der Waals surface area contributed by atoms with Crippen molar-refractivity contribution in [3.63, 3.8) is 0 Å². The first-order chi connectivity index (χ1) is 9.19. The van der Waals surface area contributed by atoms with Gasteiger partial charge in [-0.3, -0.25) is 4.98 Å². The van der Waals surface area contributed by atoms with E-state index in [1.54, 1.807) is 6.07 Å². The van der Waals surface area contributed by atoms with Gasteiger partial charge < -0.3 is 5.32 Å². The Hall–Kier alpha value is -1.35. The first-order valence-corrected chi connectivity index (χ1v) is 7.04. The summed E-state index contributed by atoms with van der Waals surface area (Å²) in [5.74, 6) is 0.0996. The van der Waals surface area contributed by atoms with E-state index in [2.05, 4.69) is 16.4 Å². The van der Waals surface area contributed by atoms with E-state index in [4.69, 9.17) is 11.6 Å². The average Bonchev–Trinajstić information content (AvgIpc) is 2.93. The van der Waals surface area contributed by atoms with Gasteiger partial charge in [0.15, 0.2) is 0 Å². The van der Waals surface area contributed by atoms with Crippen molar-refractivity contribution in [2.75, 3.05) is 12.4 Å². The lowest BCUT2D eigenvalue weighted by atomic mass is 10.0. The van der Waals surface area contributed by atoms with Crippen molar-refractivity contribution in [3.05, 3.63) is 34.7 Å². The Morgan fingerprint density at radius 3 is 2.68 bits per heavy atom. The number of benzene rings is 1. The van der Waals surface area contributed by atoms with E-state index < -0.39 is 5.82 Å². The predicted molar refractivity (Wildman–Crippen MR) is 77.5 cm³/mol. The Labute approximate surface area is 117 Å². The normalized spacial score (nSPS) is 16.2. The van der Waals surface area contributed by atoms with Crippen LogP contribution in [0.3, 0.4) is 0 Å². The molecule has 0 saturated heterocycles. The molecule has 2 aromatic rings. The van der Waals surface area contributed by atoms with Crippen LogP contribution in [0.1, 0.15) is 37.3 Å². The second kappa shape index (κ2) is 4.97. The summed E-state index contributed by atoms with van der Waals surface area (Å²) in [6.45, 7) is 0. The van der Waals surface area contributed by atoms with Crippen LogP contribution in [0.4, 0.5) is 10.1 Å². The quantitative estimate of drug-likeness (QED) is 0.859. The van der Waals surface area contributed by atoms with Crippen LogP contribution in [0.5, 0.6) is 0 Å². The third-order valence-corrected chi connectivity index (χ3v) is 4.20. The average molecular weight is 279 g/mol. The summed E-state index contributed by atoms with van der Waals surface area (Å²) in [6, 6.07) is 5.15. The topological polar surface area (TPSA) is 24.9 Å². The first kappa shape index (κ1) is 12.7. The molecule has 1 saturated carbocycles. The minimum atomic E-state index is -0.410. The zero-order valence-corrected chi connectivity index (χ0v) is 11.6. The van der Waals surface area contributed by atoms with Crippen molar-refractivity contribution in [1.29, 1.82) is 0 Å². The van der Waals surface area contributed by atoms with Crippen LogP contribution in [0, 0.1) is 5.82 Å². The van der Waals surface area contributed by atoms with E-state index in [0.717, 1.165) is 16.8 Å². The molecule has 1 aromatic heterocycles. The van der Waals surface area contributed by atoms with Crippen LogP contribution in [0.15, 0.2) is 18.2 Å². The number of pyridine rings is 1. The van der Waals surface area contributed by atoms with Crippen molar-refractivity contribution < 1.29 is 4.39 Å². The molecule has 0 spiro atoms. The summed E-state index contributed by atoms with van der Waals surface area (Å²) in [7, 11) is 1.87. The van der Waals surface area contributed by atoms with Crippen LogP contribution in [0.2, 0.25) is 5.02 Å². The molecule has 0 radical (unpaired) electrons. The molecule has 4 heteroatoms.